The zero-order chi connectivity index (χ0) is 21.5. The molecule has 2 N–H and O–H groups in total. The molecule has 0 fully saturated rings. The minimum absolute atomic E-state index is 0.0674. The number of aryl methyl sites for hydroxylation is 2. The molecule has 158 valence electrons. The minimum atomic E-state index is -4.49. The van der Waals surface area contributed by atoms with Crippen molar-refractivity contribution in [2.45, 2.75) is 38.1 Å². The number of nitrogens with zero attached hydrogens (tertiary/aromatic N) is 4. The number of anilines is 1. The van der Waals surface area contributed by atoms with E-state index in [9.17, 15) is 18.0 Å². The fourth-order valence-electron chi connectivity index (χ4n) is 3.73. The van der Waals surface area contributed by atoms with Gasteiger partial charge in [-0.2, -0.15) is 23.4 Å². The normalized spacial score (nSPS) is 18.6. The van der Waals surface area contributed by atoms with Crippen LogP contribution >= 0.6 is 0 Å². The molecule has 2 aromatic heterocycles. The van der Waals surface area contributed by atoms with Crippen LogP contribution < -0.4 is 10.6 Å². The van der Waals surface area contributed by atoms with Gasteiger partial charge >= 0.3 is 6.18 Å². The second-order valence-corrected chi connectivity index (χ2v) is 7.35. The maximum Gasteiger partial charge on any atom is 0.410 e. The first-order valence-corrected chi connectivity index (χ1v) is 9.47. The van der Waals surface area contributed by atoms with Gasteiger partial charge in [0.25, 0.3) is 5.91 Å². The Morgan fingerprint density at radius 1 is 1.30 bits per heavy atom. The molecule has 7 nitrogen and oxygen atoms in total. The van der Waals surface area contributed by atoms with Gasteiger partial charge in [0.05, 0.1) is 17.9 Å². The summed E-state index contributed by atoms with van der Waals surface area (Å²) in [6.07, 6.45) is -1.74. The van der Waals surface area contributed by atoms with Gasteiger partial charge in [-0.25, -0.2) is 4.68 Å². The summed E-state index contributed by atoms with van der Waals surface area (Å²) in [5.74, 6) is -0.431. The molecule has 0 spiro atoms. The number of fused-ring (bicyclic) bond motifs is 1. The summed E-state index contributed by atoms with van der Waals surface area (Å²) in [5.41, 5.74) is 2.40. The lowest BCUT2D eigenvalue weighted by Crippen LogP contribution is -2.36. The van der Waals surface area contributed by atoms with Crippen LogP contribution in [0.3, 0.4) is 0 Å². The number of halogens is 3. The van der Waals surface area contributed by atoms with Gasteiger partial charge in [-0.1, -0.05) is 30.3 Å². The predicted octanol–water partition coefficient (Wildman–Crippen LogP) is 3.52. The molecule has 1 aliphatic heterocycles. The van der Waals surface area contributed by atoms with Gasteiger partial charge in [0.2, 0.25) is 0 Å². The van der Waals surface area contributed by atoms with Gasteiger partial charge in [-0.05, 0) is 12.5 Å². The quantitative estimate of drug-likeness (QED) is 0.680. The number of hydrogen-bond donors (Lipinski definition) is 2. The fourth-order valence-corrected chi connectivity index (χ4v) is 3.73. The SMILES string of the molecule is Cc1nn(C)cc1CNC(=O)c1cnn2c1N[C@@H](c1ccccc1)C[C@@H]2C(F)(F)F. The van der Waals surface area contributed by atoms with E-state index in [0.29, 0.717) is 0 Å². The van der Waals surface area contributed by atoms with Gasteiger partial charge in [-0.15, -0.1) is 0 Å². The molecule has 10 heteroatoms. The highest BCUT2D eigenvalue weighted by Gasteiger charge is 2.47. The zero-order valence-corrected chi connectivity index (χ0v) is 16.4. The van der Waals surface area contributed by atoms with Crippen LogP contribution in [-0.4, -0.2) is 31.6 Å². The molecule has 3 heterocycles. The van der Waals surface area contributed by atoms with E-state index in [4.69, 9.17) is 0 Å². The van der Waals surface area contributed by atoms with Crippen LogP contribution in [0.2, 0.25) is 0 Å². The lowest BCUT2D eigenvalue weighted by molar-refractivity contribution is -0.173. The van der Waals surface area contributed by atoms with E-state index in [1.807, 2.05) is 6.92 Å². The van der Waals surface area contributed by atoms with Crippen LogP contribution in [0.15, 0.2) is 42.7 Å². The van der Waals surface area contributed by atoms with Crippen LogP contribution in [-0.2, 0) is 13.6 Å². The second-order valence-electron chi connectivity index (χ2n) is 7.35. The largest absolute Gasteiger partial charge is 0.410 e. The summed E-state index contributed by atoms with van der Waals surface area (Å²) in [7, 11) is 1.78. The third-order valence-electron chi connectivity index (χ3n) is 5.24. The number of carbonyl (C=O) groups excluding carboxylic acids is 1. The maximum atomic E-state index is 13.7. The third-order valence-corrected chi connectivity index (χ3v) is 5.24. The topological polar surface area (TPSA) is 76.8 Å². The van der Waals surface area contributed by atoms with Crippen molar-refractivity contribution in [1.29, 1.82) is 0 Å². The molecule has 1 aliphatic rings. The van der Waals surface area contributed by atoms with Crippen LogP contribution in [0, 0.1) is 6.92 Å². The van der Waals surface area contributed by atoms with Crippen LogP contribution in [0.4, 0.5) is 19.0 Å². The molecule has 1 amide bonds. The molecule has 0 saturated heterocycles. The average Bonchev–Trinajstić information content (AvgIpc) is 3.27. The second kappa shape index (κ2) is 7.51. The molecule has 30 heavy (non-hydrogen) atoms. The molecule has 2 atom stereocenters. The maximum absolute atomic E-state index is 13.7. The molecule has 4 rings (SSSR count). The number of benzene rings is 1. The van der Waals surface area contributed by atoms with Crippen molar-refractivity contribution < 1.29 is 18.0 Å². The Balaban J connectivity index is 1.62. The zero-order valence-electron chi connectivity index (χ0n) is 16.4. The van der Waals surface area contributed by atoms with Crippen LogP contribution in [0.5, 0.6) is 0 Å². The number of rotatable bonds is 4. The number of hydrogen-bond acceptors (Lipinski definition) is 4. The molecule has 3 aromatic rings. The number of aromatic nitrogens is 4. The van der Waals surface area contributed by atoms with E-state index in [1.165, 1.54) is 6.20 Å². The summed E-state index contributed by atoms with van der Waals surface area (Å²) in [6, 6.07) is 6.47. The smallest absolute Gasteiger partial charge is 0.363 e. The van der Waals surface area contributed by atoms with E-state index in [0.717, 1.165) is 21.5 Å². The van der Waals surface area contributed by atoms with Gasteiger partial charge in [-0.3, -0.25) is 9.48 Å². The molecule has 0 aliphatic carbocycles. The van der Waals surface area contributed by atoms with Crippen molar-refractivity contribution in [2.24, 2.45) is 7.05 Å². The Kier molecular flexibility index (Phi) is 5.00. The number of alkyl halides is 3. The predicted molar refractivity (Wildman–Crippen MR) is 104 cm³/mol. The monoisotopic (exact) mass is 418 g/mol. The van der Waals surface area contributed by atoms with Gasteiger partial charge in [0.1, 0.15) is 11.4 Å². The van der Waals surface area contributed by atoms with Crippen molar-refractivity contribution in [3.05, 3.63) is 65.1 Å². The lowest BCUT2D eigenvalue weighted by Gasteiger charge is -2.34. The minimum Gasteiger partial charge on any atom is -0.363 e. The highest BCUT2D eigenvalue weighted by Crippen LogP contribution is 2.44. The highest BCUT2D eigenvalue weighted by molar-refractivity contribution is 5.98. The van der Waals surface area contributed by atoms with Crippen molar-refractivity contribution in [1.82, 2.24) is 24.9 Å². The van der Waals surface area contributed by atoms with Crippen molar-refractivity contribution >= 4 is 11.7 Å². The Bertz CT molecular complexity index is 1060. The van der Waals surface area contributed by atoms with Crippen molar-refractivity contribution in [3.63, 3.8) is 0 Å². The van der Waals surface area contributed by atoms with Gasteiger partial charge < -0.3 is 10.6 Å². The molecular formula is C20H21F3N6O. The van der Waals surface area contributed by atoms with Crippen LogP contribution in [0.25, 0.3) is 0 Å². The molecule has 0 saturated carbocycles. The Morgan fingerprint density at radius 3 is 2.67 bits per heavy atom. The van der Waals surface area contributed by atoms with E-state index < -0.39 is 24.2 Å². The average molecular weight is 418 g/mol. The Labute approximate surface area is 170 Å². The van der Waals surface area contributed by atoms with Gasteiger partial charge in [0, 0.05) is 31.8 Å². The Hall–Kier alpha value is -3.30. The summed E-state index contributed by atoms with van der Waals surface area (Å²) in [4.78, 5) is 12.8. The molecule has 0 unspecified atom stereocenters. The molecule has 0 bridgehead atoms. The van der Waals surface area contributed by atoms with Crippen molar-refractivity contribution in [3.8, 4) is 0 Å². The Morgan fingerprint density at radius 2 is 2.03 bits per heavy atom. The number of nitrogens with one attached hydrogen (secondary N) is 2. The summed E-state index contributed by atoms with van der Waals surface area (Å²) in [6.45, 7) is 2.04. The van der Waals surface area contributed by atoms with Crippen molar-refractivity contribution in [2.75, 3.05) is 5.32 Å². The summed E-state index contributed by atoms with van der Waals surface area (Å²) in [5, 5.41) is 13.9. The first-order valence-electron chi connectivity index (χ1n) is 9.47. The standard InChI is InChI=1S/C20H21F3N6O/c1-12-14(11-28(2)27-12)9-24-19(30)15-10-25-29-17(20(21,22)23)8-16(26-18(15)29)13-6-4-3-5-7-13/h3-7,10-11,16-17,26H,8-9H2,1-2H3,(H,24,30)/t16-,17-/m1/s1. The lowest BCUT2D eigenvalue weighted by atomic mass is 9.96. The number of carbonyl (C=O) groups is 1. The number of amides is 1. The van der Waals surface area contributed by atoms with Crippen LogP contribution in [0.1, 0.15) is 45.7 Å². The highest BCUT2D eigenvalue weighted by atomic mass is 19.4. The molecule has 0 radical (unpaired) electrons. The summed E-state index contributed by atoms with van der Waals surface area (Å²) >= 11 is 0. The molecule has 1 aromatic carbocycles. The van der Waals surface area contributed by atoms with E-state index in [-0.39, 0.29) is 24.3 Å². The summed E-state index contributed by atoms with van der Waals surface area (Å²) < 4.78 is 43.7. The van der Waals surface area contributed by atoms with E-state index in [2.05, 4.69) is 20.8 Å². The van der Waals surface area contributed by atoms with E-state index in [1.54, 1.807) is 48.3 Å². The third kappa shape index (κ3) is 3.77. The van der Waals surface area contributed by atoms with E-state index >= 15 is 0 Å². The fraction of sp³-hybridized carbons (Fsp3) is 0.350. The van der Waals surface area contributed by atoms with Gasteiger partial charge in [0.15, 0.2) is 6.04 Å². The molecular weight excluding hydrogens is 397 g/mol. The first kappa shape index (κ1) is 20.0. The first-order chi connectivity index (χ1) is 14.2.